The molecule has 0 saturated carbocycles. The van der Waals surface area contributed by atoms with Crippen LogP contribution in [0.2, 0.25) is 5.02 Å². The Kier molecular flexibility index (Phi) is 4.81. The minimum Gasteiger partial charge on any atom is -0.449 e. The summed E-state index contributed by atoms with van der Waals surface area (Å²) in [6.07, 6.45) is -0.836. The molecule has 1 atom stereocenters. The van der Waals surface area contributed by atoms with Gasteiger partial charge in [0.2, 0.25) is 5.89 Å². The maximum atomic E-state index is 13.7. The van der Waals surface area contributed by atoms with Gasteiger partial charge in [-0.15, -0.1) is 10.2 Å². The van der Waals surface area contributed by atoms with Crippen LogP contribution in [-0.4, -0.2) is 16.2 Å². The predicted molar refractivity (Wildman–Crippen MR) is 89.7 cm³/mol. The van der Waals surface area contributed by atoms with Crippen molar-refractivity contribution in [1.29, 1.82) is 0 Å². The summed E-state index contributed by atoms with van der Waals surface area (Å²) in [5.74, 6) is -1.14. The van der Waals surface area contributed by atoms with Crippen LogP contribution in [0.25, 0.3) is 11.5 Å². The van der Waals surface area contributed by atoms with Crippen molar-refractivity contribution in [1.82, 2.24) is 10.2 Å². The number of aromatic nitrogens is 2. The van der Waals surface area contributed by atoms with E-state index >= 15 is 0 Å². The number of ether oxygens (including phenoxy) is 1. The topological polar surface area (TPSA) is 65.2 Å². The van der Waals surface area contributed by atoms with Gasteiger partial charge in [0.05, 0.1) is 5.56 Å². The number of esters is 1. The van der Waals surface area contributed by atoms with E-state index in [2.05, 4.69) is 10.2 Å². The molecular weight excluding hydrogens is 347 g/mol. The third kappa shape index (κ3) is 3.85. The Hall–Kier alpha value is -2.73. The lowest BCUT2D eigenvalue weighted by Gasteiger charge is -2.10. The average Bonchev–Trinajstić information content (AvgIpc) is 3.07. The molecule has 128 valence electrons. The van der Waals surface area contributed by atoms with Gasteiger partial charge in [-0.25, -0.2) is 9.18 Å². The molecule has 0 aliphatic rings. The number of carbonyl (C=O) groups excluding carboxylic acids is 1. The fraction of sp³-hybridized carbons (Fsp3) is 0.167. The van der Waals surface area contributed by atoms with Gasteiger partial charge in [-0.1, -0.05) is 29.3 Å². The first-order valence-electron chi connectivity index (χ1n) is 7.50. The Bertz CT molecular complexity index is 926. The summed E-state index contributed by atoms with van der Waals surface area (Å²) in [4.78, 5) is 12.1. The van der Waals surface area contributed by atoms with Crippen molar-refractivity contribution in [2.45, 2.75) is 20.0 Å². The molecule has 0 spiro atoms. The van der Waals surface area contributed by atoms with Crippen molar-refractivity contribution in [2.75, 3.05) is 0 Å². The molecule has 2 aromatic carbocycles. The molecule has 25 heavy (non-hydrogen) atoms. The summed E-state index contributed by atoms with van der Waals surface area (Å²) in [5, 5.41) is 8.09. The summed E-state index contributed by atoms with van der Waals surface area (Å²) in [5.41, 5.74) is 1.56. The van der Waals surface area contributed by atoms with Crippen LogP contribution >= 0.6 is 11.6 Å². The molecular formula is C18H14ClFN2O3. The normalized spacial score (nSPS) is 12.0. The zero-order valence-corrected chi connectivity index (χ0v) is 14.2. The molecule has 0 aliphatic carbocycles. The van der Waals surface area contributed by atoms with E-state index in [9.17, 15) is 9.18 Å². The van der Waals surface area contributed by atoms with Crippen molar-refractivity contribution in [3.63, 3.8) is 0 Å². The largest absolute Gasteiger partial charge is 0.449 e. The van der Waals surface area contributed by atoms with Crippen LogP contribution < -0.4 is 0 Å². The highest BCUT2D eigenvalue weighted by atomic mass is 35.5. The number of carbonyl (C=O) groups is 1. The Morgan fingerprint density at radius 2 is 2.04 bits per heavy atom. The summed E-state index contributed by atoms with van der Waals surface area (Å²) in [6, 6.07) is 11.2. The highest BCUT2D eigenvalue weighted by Gasteiger charge is 2.22. The molecule has 5 nitrogen and oxygen atoms in total. The molecule has 0 fully saturated rings. The van der Waals surface area contributed by atoms with E-state index in [0.29, 0.717) is 5.89 Å². The number of aryl methyl sites for hydroxylation is 1. The molecule has 1 unspecified atom stereocenters. The third-order valence-electron chi connectivity index (χ3n) is 3.49. The average molecular weight is 361 g/mol. The van der Waals surface area contributed by atoms with Gasteiger partial charge in [0.25, 0.3) is 5.89 Å². The molecule has 0 radical (unpaired) electrons. The molecule has 1 aromatic heterocycles. The van der Waals surface area contributed by atoms with Crippen LogP contribution in [0.4, 0.5) is 4.39 Å². The molecule has 0 bridgehead atoms. The van der Waals surface area contributed by atoms with E-state index < -0.39 is 17.9 Å². The quantitative estimate of drug-likeness (QED) is 0.628. The second-order valence-corrected chi connectivity index (χ2v) is 5.92. The van der Waals surface area contributed by atoms with Crippen molar-refractivity contribution in [2.24, 2.45) is 0 Å². The lowest BCUT2D eigenvalue weighted by molar-refractivity contribution is 0.0274. The highest BCUT2D eigenvalue weighted by Crippen LogP contribution is 2.24. The van der Waals surface area contributed by atoms with E-state index in [-0.39, 0.29) is 16.5 Å². The van der Waals surface area contributed by atoms with Gasteiger partial charge in [0, 0.05) is 10.6 Å². The van der Waals surface area contributed by atoms with Gasteiger partial charge in [0.1, 0.15) is 5.82 Å². The Morgan fingerprint density at radius 1 is 1.24 bits per heavy atom. The van der Waals surface area contributed by atoms with Crippen molar-refractivity contribution < 1.29 is 18.3 Å². The zero-order chi connectivity index (χ0) is 18.0. The van der Waals surface area contributed by atoms with Crippen molar-refractivity contribution in [3.05, 3.63) is 70.3 Å². The number of hydrogen-bond acceptors (Lipinski definition) is 5. The Labute approximate surface area is 148 Å². The predicted octanol–water partition coefficient (Wildman–Crippen LogP) is 4.76. The number of halogens is 2. The second kappa shape index (κ2) is 7.03. The summed E-state index contributed by atoms with van der Waals surface area (Å²) in [6.45, 7) is 3.51. The maximum absolute atomic E-state index is 13.7. The lowest BCUT2D eigenvalue weighted by atomic mass is 10.1. The maximum Gasteiger partial charge on any atom is 0.341 e. The van der Waals surface area contributed by atoms with Crippen LogP contribution in [0.5, 0.6) is 0 Å². The van der Waals surface area contributed by atoms with Gasteiger partial charge >= 0.3 is 5.97 Å². The van der Waals surface area contributed by atoms with Crippen LogP contribution in [0, 0.1) is 12.7 Å². The number of benzene rings is 2. The molecule has 3 rings (SSSR count). The smallest absolute Gasteiger partial charge is 0.341 e. The molecule has 7 heteroatoms. The van der Waals surface area contributed by atoms with E-state index in [4.69, 9.17) is 20.8 Å². The first-order chi connectivity index (χ1) is 11.9. The SMILES string of the molecule is Cc1cccc(-c2nnc(C(C)OC(=O)c3cc(Cl)ccc3F)o2)c1. The number of nitrogens with zero attached hydrogens (tertiary/aromatic N) is 2. The van der Waals surface area contributed by atoms with Crippen LogP contribution in [0.1, 0.15) is 34.8 Å². The van der Waals surface area contributed by atoms with E-state index in [1.54, 1.807) is 6.92 Å². The molecule has 0 saturated heterocycles. The minimum atomic E-state index is -0.859. The van der Waals surface area contributed by atoms with Gasteiger partial charge < -0.3 is 9.15 Å². The van der Waals surface area contributed by atoms with E-state index in [1.165, 1.54) is 12.1 Å². The standard InChI is InChI=1S/C18H14ClFN2O3/c1-10-4-3-5-12(8-10)17-22-21-16(25-17)11(2)24-18(23)14-9-13(19)6-7-15(14)20/h3-9,11H,1-2H3. The van der Waals surface area contributed by atoms with Crippen molar-refractivity contribution >= 4 is 17.6 Å². The van der Waals surface area contributed by atoms with Crippen LogP contribution in [-0.2, 0) is 4.74 Å². The summed E-state index contributed by atoms with van der Waals surface area (Å²) in [7, 11) is 0. The summed E-state index contributed by atoms with van der Waals surface area (Å²) < 4.78 is 24.5. The molecule has 3 aromatic rings. The first kappa shape index (κ1) is 17.1. The van der Waals surface area contributed by atoms with Gasteiger partial charge in [-0.3, -0.25) is 0 Å². The molecule has 0 N–H and O–H groups in total. The van der Waals surface area contributed by atoms with Crippen molar-refractivity contribution in [3.8, 4) is 11.5 Å². The van der Waals surface area contributed by atoms with E-state index in [1.807, 2.05) is 31.2 Å². The van der Waals surface area contributed by atoms with Gasteiger partial charge in [0.15, 0.2) is 6.10 Å². The first-order valence-corrected chi connectivity index (χ1v) is 7.88. The monoisotopic (exact) mass is 360 g/mol. The van der Waals surface area contributed by atoms with Gasteiger partial charge in [-0.2, -0.15) is 0 Å². The zero-order valence-electron chi connectivity index (χ0n) is 13.5. The second-order valence-electron chi connectivity index (χ2n) is 5.49. The molecule has 0 amide bonds. The van der Waals surface area contributed by atoms with E-state index in [0.717, 1.165) is 17.2 Å². The Balaban J connectivity index is 1.77. The van der Waals surface area contributed by atoms with Crippen LogP contribution in [0.3, 0.4) is 0 Å². The lowest BCUT2D eigenvalue weighted by Crippen LogP contribution is -2.11. The third-order valence-corrected chi connectivity index (χ3v) is 3.72. The number of rotatable bonds is 4. The summed E-state index contributed by atoms with van der Waals surface area (Å²) >= 11 is 5.78. The van der Waals surface area contributed by atoms with Crippen LogP contribution in [0.15, 0.2) is 46.9 Å². The highest BCUT2D eigenvalue weighted by molar-refractivity contribution is 6.30. The number of hydrogen-bond donors (Lipinski definition) is 0. The Morgan fingerprint density at radius 3 is 2.80 bits per heavy atom. The minimum absolute atomic E-state index is 0.118. The molecule has 1 heterocycles. The fourth-order valence-corrected chi connectivity index (χ4v) is 2.39. The van der Waals surface area contributed by atoms with Gasteiger partial charge in [-0.05, 0) is 44.2 Å². The molecule has 0 aliphatic heterocycles. The fourth-order valence-electron chi connectivity index (χ4n) is 2.22.